The minimum absolute atomic E-state index is 0.257. The van der Waals surface area contributed by atoms with E-state index >= 15 is 0 Å². The summed E-state index contributed by atoms with van der Waals surface area (Å²) in [6.45, 7) is 6.31. The highest BCUT2D eigenvalue weighted by molar-refractivity contribution is 5.76. The number of nitrogen functional groups attached to an aromatic ring is 1. The molecule has 0 spiro atoms. The van der Waals surface area contributed by atoms with Crippen LogP contribution in [0.2, 0.25) is 0 Å². The van der Waals surface area contributed by atoms with Crippen LogP contribution in [-0.4, -0.2) is 9.55 Å². The van der Waals surface area contributed by atoms with Crippen LogP contribution in [0, 0.1) is 11.3 Å². The number of aryl methyl sites for hydroxylation is 1. The molecule has 0 atom stereocenters. The lowest BCUT2D eigenvalue weighted by molar-refractivity contribution is 0.571. The van der Waals surface area contributed by atoms with Crippen molar-refractivity contribution >= 4 is 5.82 Å². The zero-order valence-corrected chi connectivity index (χ0v) is 12.2. The normalized spacial score (nSPS) is 10.8. The number of anilines is 1. The van der Waals surface area contributed by atoms with Gasteiger partial charge in [-0.15, -0.1) is 0 Å². The smallest absolute Gasteiger partial charge is 0.132 e. The maximum atomic E-state index is 9.23. The Morgan fingerprint density at radius 1 is 1.35 bits per heavy atom. The van der Waals surface area contributed by atoms with Gasteiger partial charge >= 0.3 is 0 Å². The van der Waals surface area contributed by atoms with Gasteiger partial charge in [0.1, 0.15) is 17.3 Å². The van der Waals surface area contributed by atoms with Crippen molar-refractivity contribution in [2.45, 2.75) is 39.7 Å². The van der Waals surface area contributed by atoms with Gasteiger partial charge in [0, 0.05) is 18.0 Å². The highest BCUT2D eigenvalue weighted by Gasteiger charge is 2.19. The number of hydrogen-bond donors (Lipinski definition) is 1. The quantitative estimate of drug-likeness (QED) is 0.922. The van der Waals surface area contributed by atoms with E-state index in [1.807, 2.05) is 18.2 Å². The van der Waals surface area contributed by atoms with E-state index in [0.29, 0.717) is 11.4 Å². The van der Waals surface area contributed by atoms with Gasteiger partial charge in [0.15, 0.2) is 0 Å². The van der Waals surface area contributed by atoms with Crippen LogP contribution >= 0.6 is 0 Å². The first-order valence-corrected chi connectivity index (χ1v) is 6.96. The molecule has 0 saturated carbocycles. The molecule has 0 aliphatic carbocycles. The minimum Gasteiger partial charge on any atom is -0.383 e. The topological polar surface area (TPSA) is 67.6 Å². The molecule has 0 radical (unpaired) electrons. The fraction of sp³-hybridized carbons (Fsp3) is 0.375. The van der Waals surface area contributed by atoms with Gasteiger partial charge in [-0.05, 0) is 26.3 Å². The molecule has 1 aromatic heterocycles. The molecule has 4 heteroatoms. The molecular weight excluding hydrogens is 248 g/mol. The number of nitriles is 1. The Balaban J connectivity index is 2.64. The number of benzene rings is 1. The van der Waals surface area contributed by atoms with E-state index < -0.39 is 0 Å². The van der Waals surface area contributed by atoms with Gasteiger partial charge < -0.3 is 10.3 Å². The summed E-state index contributed by atoms with van der Waals surface area (Å²) in [5, 5.41) is 9.23. The van der Waals surface area contributed by atoms with Crippen LogP contribution in [0.4, 0.5) is 5.82 Å². The predicted molar refractivity (Wildman–Crippen MR) is 81.2 cm³/mol. The average Bonchev–Trinajstić information content (AvgIpc) is 2.76. The fourth-order valence-electron chi connectivity index (χ4n) is 2.45. The molecule has 0 bridgehead atoms. The van der Waals surface area contributed by atoms with Gasteiger partial charge in [0.2, 0.25) is 0 Å². The zero-order chi connectivity index (χ0) is 14.7. The van der Waals surface area contributed by atoms with Crippen molar-refractivity contribution in [2.75, 3.05) is 5.73 Å². The van der Waals surface area contributed by atoms with Gasteiger partial charge in [-0.3, -0.25) is 0 Å². The van der Waals surface area contributed by atoms with Gasteiger partial charge in [-0.25, -0.2) is 4.98 Å². The van der Waals surface area contributed by atoms with Crippen LogP contribution < -0.4 is 5.73 Å². The number of imidazole rings is 1. The van der Waals surface area contributed by atoms with Crippen LogP contribution in [-0.2, 0) is 6.42 Å². The van der Waals surface area contributed by atoms with Gasteiger partial charge in [0.05, 0.1) is 11.6 Å². The Kier molecular flexibility index (Phi) is 4.09. The molecule has 0 fully saturated rings. The summed E-state index contributed by atoms with van der Waals surface area (Å²) < 4.78 is 2.06. The molecule has 2 rings (SSSR count). The number of aromatic nitrogens is 2. The molecule has 104 valence electrons. The Labute approximate surface area is 119 Å². The summed E-state index contributed by atoms with van der Waals surface area (Å²) >= 11 is 0. The van der Waals surface area contributed by atoms with Crippen molar-refractivity contribution in [2.24, 2.45) is 0 Å². The minimum atomic E-state index is 0.257. The van der Waals surface area contributed by atoms with Gasteiger partial charge in [0.25, 0.3) is 0 Å². The summed E-state index contributed by atoms with van der Waals surface area (Å²) in [6.07, 6.45) is 1.90. The number of nitrogens with two attached hydrogens (primary N) is 1. The zero-order valence-electron chi connectivity index (χ0n) is 12.2. The molecule has 2 aromatic rings. The monoisotopic (exact) mass is 268 g/mol. The first-order chi connectivity index (χ1) is 9.60. The van der Waals surface area contributed by atoms with E-state index in [-0.39, 0.29) is 6.04 Å². The molecule has 0 amide bonds. The number of hydrogen-bond acceptors (Lipinski definition) is 3. The molecule has 0 aliphatic heterocycles. The van der Waals surface area contributed by atoms with Crippen LogP contribution in [0.15, 0.2) is 24.3 Å². The third kappa shape index (κ3) is 2.39. The maximum absolute atomic E-state index is 9.23. The predicted octanol–water partition coefficient (Wildman–Crippen LogP) is 3.54. The first kappa shape index (κ1) is 14.1. The summed E-state index contributed by atoms with van der Waals surface area (Å²) in [5.41, 5.74) is 8.42. The lowest BCUT2D eigenvalue weighted by atomic mass is 10.1. The third-order valence-electron chi connectivity index (χ3n) is 3.31. The van der Waals surface area contributed by atoms with Crippen molar-refractivity contribution < 1.29 is 0 Å². The highest BCUT2D eigenvalue weighted by Crippen LogP contribution is 2.31. The van der Waals surface area contributed by atoms with Crippen molar-refractivity contribution in [3.05, 3.63) is 35.7 Å². The lowest BCUT2D eigenvalue weighted by Gasteiger charge is -2.13. The molecule has 20 heavy (non-hydrogen) atoms. The number of rotatable bonds is 4. The van der Waals surface area contributed by atoms with E-state index in [0.717, 1.165) is 29.9 Å². The Morgan fingerprint density at radius 3 is 2.65 bits per heavy atom. The SMILES string of the molecule is CCCc1nc(-c2ccccc2C#N)c(N)n1C(C)C. The molecular formula is C16H20N4. The number of nitrogens with zero attached hydrogens (tertiary/aromatic N) is 3. The summed E-state index contributed by atoms with van der Waals surface area (Å²) in [5.74, 6) is 1.63. The van der Waals surface area contributed by atoms with E-state index in [1.165, 1.54) is 0 Å². The fourth-order valence-corrected chi connectivity index (χ4v) is 2.45. The van der Waals surface area contributed by atoms with Crippen LogP contribution in [0.3, 0.4) is 0 Å². The Hall–Kier alpha value is -2.28. The Morgan fingerprint density at radius 2 is 2.05 bits per heavy atom. The second-order valence-electron chi connectivity index (χ2n) is 5.13. The molecule has 2 N–H and O–H groups in total. The lowest BCUT2D eigenvalue weighted by Crippen LogP contribution is -2.09. The third-order valence-corrected chi connectivity index (χ3v) is 3.31. The van der Waals surface area contributed by atoms with E-state index in [4.69, 9.17) is 5.73 Å². The van der Waals surface area contributed by atoms with E-state index in [2.05, 4.69) is 36.4 Å². The molecule has 0 unspecified atom stereocenters. The molecule has 4 nitrogen and oxygen atoms in total. The highest BCUT2D eigenvalue weighted by atomic mass is 15.2. The molecule has 0 aliphatic rings. The summed E-state index contributed by atoms with van der Waals surface area (Å²) in [6, 6.07) is 9.92. The van der Waals surface area contributed by atoms with Crippen molar-refractivity contribution in [1.82, 2.24) is 9.55 Å². The van der Waals surface area contributed by atoms with Crippen molar-refractivity contribution in [3.8, 4) is 17.3 Å². The first-order valence-electron chi connectivity index (χ1n) is 6.96. The summed E-state index contributed by atoms with van der Waals surface area (Å²) in [7, 11) is 0. The molecule has 1 aromatic carbocycles. The molecule has 0 saturated heterocycles. The van der Waals surface area contributed by atoms with Crippen molar-refractivity contribution in [3.63, 3.8) is 0 Å². The Bertz CT molecular complexity index is 647. The van der Waals surface area contributed by atoms with E-state index in [1.54, 1.807) is 6.07 Å². The van der Waals surface area contributed by atoms with Crippen LogP contribution in [0.5, 0.6) is 0 Å². The summed E-state index contributed by atoms with van der Waals surface area (Å²) in [4.78, 5) is 4.69. The maximum Gasteiger partial charge on any atom is 0.132 e. The van der Waals surface area contributed by atoms with Gasteiger partial charge in [-0.1, -0.05) is 25.1 Å². The largest absolute Gasteiger partial charge is 0.383 e. The van der Waals surface area contributed by atoms with Crippen molar-refractivity contribution in [1.29, 1.82) is 5.26 Å². The second kappa shape index (κ2) is 5.79. The average molecular weight is 268 g/mol. The standard InChI is InChI=1S/C16H20N4/c1-4-7-14-19-15(16(18)20(14)11(2)3)13-9-6-5-8-12(13)10-17/h5-6,8-9,11H,4,7,18H2,1-3H3. The van der Waals surface area contributed by atoms with E-state index in [9.17, 15) is 5.26 Å². The molecule has 1 heterocycles. The second-order valence-corrected chi connectivity index (χ2v) is 5.13. The van der Waals surface area contributed by atoms with Crippen LogP contribution in [0.25, 0.3) is 11.3 Å². The van der Waals surface area contributed by atoms with Crippen LogP contribution in [0.1, 0.15) is 44.6 Å². The van der Waals surface area contributed by atoms with Gasteiger partial charge in [-0.2, -0.15) is 5.26 Å².